The van der Waals surface area contributed by atoms with E-state index in [1.165, 1.54) is 11.0 Å². The molecule has 0 aliphatic heterocycles. The summed E-state index contributed by atoms with van der Waals surface area (Å²) in [4.78, 5) is 26.2. The average Bonchev–Trinajstić information content (AvgIpc) is 2.25. The van der Waals surface area contributed by atoms with Gasteiger partial charge >= 0.3 is 11.7 Å². The van der Waals surface area contributed by atoms with E-state index in [-0.39, 0.29) is 24.5 Å². The number of pyridine rings is 1. The molecule has 17 heavy (non-hydrogen) atoms. The molecule has 1 aromatic heterocycles. The molecule has 0 unspecified atom stereocenters. The number of hydrogen-bond donors (Lipinski definition) is 1. The lowest BCUT2D eigenvalue weighted by Crippen LogP contribution is -2.23. The van der Waals surface area contributed by atoms with Crippen LogP contribution in [0.3, 0.4) is 0 Å². The van der Waals surface area contributed by atoms with E-state index in [0.717, 1.165) is 0 Å². The number of nitrogens with zero attached hydrogens (tertiary/aromatic N) is 3. The molecular formula is C10H13N3O4. The Morgan fingerprint density at radius 3 is 2.76 bits per heavy atom. The average molecular weight is 239 g/mol. The van der Waals surface area contributed by atoms with Crippen molar-refractivity contribution in [3.8, 4) is 0 Å². The summed E-state index contributed by atoms with van der Waals surface area (Å²) in [6, 6.07) is 2.92. The second-order valence-corrected chi connectivity index (χ2v) is 3.62. The molecule has 0 saturated heterocycles. The summed E-state index contributed by atoms with van der Waals surface area (Å²) in [5.41, 5.74) is 0.524. The monoisotopic (exact) mass is 239 g/mol. The van der Waals surface area contributed by atoms with Gasteiger partial charge in [-0.2, -0.15) is 0 Å². The second kappa shape index (κ2) is 5.24. The zero-order valence-corrected chi connectivity index (χ0v) is 9.58. The quantitative estimate of drug-likeness (QED) is 0.612. The lowest BCUT2D eigenvalue weighted by atomic mass is 10.3. The molecule has 7 nitrogen and oxygen atoms in total. The van der Waals surface area contributed by atoms with Crippen LogP contribution in [0, 0.1) is 17.0 Å². The number of hydrogen-bond acceptors (Lipinski definition) is 5. The molecule has 0 aliphatic carbocycles. The van der Waals surface area contributed by atoms with Crippen molar-refractivity contribution >= 4 is 17.5 Å². The predicted molar refractivity (Wildman–Crippen MR) is 61.2 cm³/mol. The fraction of sp³-hybridized carbons (Fsp3) is 0.400. The maximum absolute atomic E-state index is 10.8. The summed E-state index contributed by atoms with van der Waals surface area (Å²) < 4.78 is 0. The van der Waals surface area contributed by atoms with Gasteiger partial charge in [0.2, 0.25) is 5.82 Å². The number of aromatic nitrogens is 1. The lowest BCUT2D eigenvalue weighted by Gasteiger charge is -2.17. The van der Waals surface area contributed by atoms with Gasteiger partial charge in [0.15, 0.2) is 0 Å². The summed E-state index contributed by atoms with van der Waals surface area (Å²) >= 11 is 0. The first-order valence-corrected chi connectivity index (χ1v) is 4.96. The standard InChI is InChI=1S/C10H13N3O4/c1-7-3-4-8(13(16)17)10(11-7)12(2)6-5-9(14)15/h3-4H,5-6H2,1-2H3,(H,14,15). The van der Waals surface area contributed by atoms with E-state index >= 15 is 0 Å². The third-order valence-electron chi connectivity index (χ3n) is 2.21. The van der Waals surface area contributed by atoms with Crippen molar-refractivity contribution in [3.63, 3.8) is 0 Å². The fourth-order valence-electron chi connectivity index (χ4n) is 1.33. The fourth-order valence-corrected chi connectivity index (χ4v) is 1.33. The lowest BCUT2D eigenvalue weighted by molar-refractivity contribution is -0.384. The van der Waals surface area contributed by atoms with Crippen LogP contribution in [0.4, 0.5) is 11.5 Å². The van der Waals surface area contributed by atoms with E-state index in [9.17, 15) is 14.9 Å². The minimum absolute atomic E-state index is 0.0940. The van der Waals surface area contributed by atoms with Crippen molar-refractivity contribution < 1.29 is 14.8 Å². The normalized spacial score (nSPS) is 10.0. The Morgan fingerprint density at radius 1 is 1.59 bits per heavy atom. The molecule has 1 aromatic rings. The Labute approximate surface area is 97.8 Å². The maximum atomic E-state index is 10.8. The van der Waals surface area contributed by atoms with E-state index in [2.05, 4.69) is 4.98 Å². The first-order chi connectivity index (χ1) is 7.91. The van der Waals surface area contributed by atoms with Crippen LogP contribution < -0.4 is 4.90 Å². The number of nitro groups is 1. The van der Waals surface area contributed by atoms with Gasteiger partial charge in [-0.3, -0.25) is 14.9 Å². The molecule has 0 fully saturated rings. The van der Waals surface area contributed by atoms with Crippen LogP contribution in [0.15, 0.2) is 12.1 Å². The first kappa shape index (κ1) is 12.9. The number of aryl methyl sites for hydroxylation is 1. The molecule has 1 rings (SSSR count). The largest absolute Gasteiger partial charge is 0.481 e. The van der Waals surface area contributed by atoms with Gasteiger partial charge in [-0.1, -0.05) is 0 Å². The van der Waals surface area contributed by atoms with Gasteiger partial charge in [-0.15, -0.1) is 0 Å². The highest BCUT2D eigenvalue weighted by Crippen LogP contribution is 2.24. The topological polar surface area (TPSA) is 96.6 Å². The predicted octanol–water partition coefficient (Wildman–Crippen LogP) is 1.21. The highest BCUT2D eigenvalue weighted by Gasteiger charge is 2.19. The molecule has 0 bridgehead atoms. The molecule has 92 valence electrons. The third kappa shape index (κ3) is 3.40. The molecule has 0 amide bonds. The van der Waals surface area contributed by atoms with Crippen molar-refractivity contribution in [2.75, 3.05) is 18.5 Å². The summed E-state index contributed by atoms with van der Waals surface area (Å²) in [5, 5.41) is 19.4. The minimum atomic E-state index is -0.952. The number of anilines is 1. The van der Waals surface area contributed by atoms with Crippen molar-refractivity contribution in [1.82, 2.24) is 4.98 Å². The van der Waals surface area contributed by atoms with Crippen molar-refractivity contribution in [1.29, 1.82) is 0 Å². The highest BCUT2D eigenvalue weighted by atomic mass is 16.6. The van der Waals surface area contributed by atoms with Gasteiger partial charge in [0.1, 0.15) is 0 Å². The van der Waals surface area contributed by atoms with Crippen molar-refractivity contribution in [2.24, 2.45) is 0 Å². The zero-order valence-electron chi connectivity index (χ0n) is 9.58. The molecule has 1 heterocycles. The minimum Gasteiger partial charge on any atom is -0.481 e. The first-order valence-electron chi connectivity index (χ1n) is 4.96. The van der Waals surface area contributed by atoms with Gasteiger partial charge in [-0.05, 0) is 13.0 Å². The van der Waals surface area contributed by atoms with Gasteiger partial charge in [0.05, 0.1) is 11.3 Å². The molecule has 0 radical (unpaired) electrons. The highest BCUT2D eigenvalue weighted by molar-refractivity contribution is 5.68. The Morgan fingerprint density at radius 2 is 2.24 bits per heavy atom. The summed E-state index contributed by atoms with van der Waals surface area (Å²) in [6.45, 7) is 1.89. The van der Waals surface area contributed by atoms with Crippen LogP contribution in [-0.2, 0) is 4.79 Å². The van der Waals surface area contributed by atoms with Crippen molar-refractivity contribution in [3.05, 3.63) is 27.9 Å². The Balaban J connectivity index is 2.97. The van der Waals surface area contributed by atoms with Crippen molar-refractivity contribution in [2.45, 2.75) is 13.3 Å². The van der Waals surface area contributed by atoms with Crippen LogP contribution in [0.2, 0.25) is 0 Å². The molecule has 0 saturated carbocycles. The van der Waals surface area contributed by atoms with Crippen LogP contribution in [0.25, 0.3) is 0 Å². The Kier molecular flexibility index (Phi) is 3.97. The third-order valence-corrected chi connectivity index (χ3v) is 2.21. The van der Waals surface area contributed by atoms with E-state index in [4.69, 9.17) is 5.11 Å². The van der Waals surface area contributed by atoms with Crippen LogP contribution in [0.1, 0.15) is 12.1 Å². The number of carboxylic acid groups (broad SMARTS) is 1. The number of rotatable bonds is 5. The number of carbonyl (C=O) groups is 1. The van der Waals surface area contributed by atoms with Gasteiger partial charge in [0, 0.05) is 25.4 Å². The summed E-state index contributed by atoms with van der Waals surface area (Å²) in [7, 11) is 1.58. The SMILES string of the molecule is Cc1ccc([N+](=O)[O-])c(N(C)CCC(=O)O)n1. The van der Waals surface area contributed by atoms with E-state index in [1.807, 2.05) is 0 Å². The molecule has 0 spiro atoms. The van der Waals surface area contributed by atoms with Gasteiger partial charge in [0.25, 0.3) is 0 Å². The molecule has 0 aromatic carbocycles. The van der Waals surface area contributed by atoms with E-state index < -0.39 is 10.9 Å². The van der Waals surface area contributed by atoms with Gasteiger partial charge in [-0.25, -0.2) is 4.98 Å². The second-order valence-electron chi connectivity index (χ2n) is 3.62. The smallest absolute Gasteiger partial charge is 0.311 e. The van der Waals surface area contributed by atoms with Crippen LogP contribution in [-0.4, -0.2) is 34.6 Å². The number of aliphatic carboxylic acids is 1. The number of carboxylic acids is 1. The summed E-state index contributed by atoms with van der Waals surface area (Å²) in [6.07, 6.45) is -0.0940. The molecule has 0 atom stereocenters. The molecular weight excluding hydrogens is 226 g/mol. The van der Waals surface area contributed by atoms with Crippen LogP contribution in [0.5, 0.6) is 0 Å². The Hall–Kier alpha value is -2.18. The van der Waals surface area contributed by atoms with E-state index in [0.29, 0.717) is 5.69 Å². The summed E-state index contributed by atoms with van der Waals surface area (Å²) in [5.74, 6) is -0.761. The van der Waals surface area contributed by atoms with Gasteiger partial charge < -0.3 is 10.0 Å². The molecule has 7 heteroatoms. The van der Waals surface area contributed by atoms with E-state index in [1.54, 1.807) is 20.0 Å². The Bertz CT molecular complexity index is 447. The molecule has 1 N–H and O–H groups in total. The van der Waals surface area contributed by atoms with Crippen LogP contribution >= 0.6 is 0 Å². The maximum Gasteiger partial charge on any atom is 0.311 e. The molecule has 0 aliphatic rings. The zero-order chi connectivity index (χ0) is 13.0.